The quantitative estimate of drug-likeness (QED) is 0.364. The molecule has 3 heterocycles. The molecule has 1 aromatic rings. The highest BCUT2D eigenvalue weighted by atomic mass is 16.3. The van der Waals surface area contributed by atoms with Crippen molar-refractivity contribution in [2.45, 2.75) is 82.3 Å². The van der Waals surface area contributed by atoms with Gasteiger partial charge in [0.15, 0.2) is 0 Å². The second-order valence-corrected chi connectivity index (χ2v) is 12.7. The molecule has 206 valence electrons. The number of hydrogen-bond acceptors (Lipinski definition) is 4. The molecular formula is C37H37N3O. The van der Waals surface area contributed by atoms with Crippen molar-refractivity contribution in [2.24, 2.45) is 16.8 Å². The van der Waals surface area contributed by atoms with Gasteiger partial charge in [0, 0.05) is 58.8 Å². The zero-order chi connectivity index (χ0) is 27.5. The highest BCUT2D eigenvalue weighted by Gasteiger charge is 2.52. The second-order valence-electron chi connectivity index (χ2n) is 12.7. The van der Waals surface area contributed by atoms with Gasteiger partial charge in [0.05, 0.1) is 18.2 Å². The summed E-state index contributed by atoms with van der Waals surface area (Å²) < 4.78 is 6.65. The van der Waals surface area contributed by atoms with Gasteiger partial charge in [-0.1, -0.05) is 54.7 Å². The molecule has 1 aromatic heterocycles. The summed E-state index contributed by atoms with van der Waals surface area (Å²) >= 11 is 0. The predicted octanol–water partition coefficient (Wildman–Crippen LogP) is 8.16. The van der Waals surface area contributed by atoms with Gasteiger partial charge in [-0.05, 0) is 80.7 Å². The molecule has 8 rings (SSSR count). The molecule has 41 heavy (non-hydrogen) atoms. The zero-order valence-corrected chi connectivity index (χ0v) is 23.8. The van der Waals surface area contributed by atoms with Crippen molar-refractivity contribution < 1.29 is 4.42 Å². The third-order valence-electron chi connectivity index (χ3n) is 10.3. The van der Waals surface area contributed by atoms with Crippen LogP contribution in [0.25, 0.3) is 12.2 Å². The van der Waals surface area contributed by atoms with E-state index in [4.69, 9.17) is 4.42 Å². The maximum absolute atomic E-state index is 9.82. The van der Waals surface area contributed by atoms with Crippen LogP contribution in [-0.4, -0.2) is 29.2 Å². The first kappa shape index (κ1) is 24.9. The lowest BCUT2D eigenvalue weighted by molar-refractivity contribution is 0.242. The van der Waals surface area contributed by atoms with Gasteiger partial charge in [-0.3, -0.25) is 4.99 Å². The van der Waals surface area contributed by atoms with Crippen LogP contribution in [0.15, 0.2) is 92.1 Å². The van der Waals surface area contributed by atoms with Crippen molar-refractivity contribution in [1.82, 2.24) is 4.90 Å². The molecule has 1 saturated heterocycles. The van der Waals surface area contributed by atoms with Crippen LogP contribution in [0.3, 0.4) is 0 Å². The number of allylic oxidation sites excluding steroid dienone is 11. The predicted molar refractivity (Wildman–Crippen MR) is 165 cm³/mol. The molecule has 6 atom stereocenters. The van der Waals surface area contributed by atoms with Crippen LogP contribution in [0.4, 0.5) is 0 Å². The minimum Gasteiger partial charge on any atom is -0.460 e. The van der Waals surface area contributed by atoms with Gasteiger partial charge in [-0.2, -0.15) is 5.26 Å². The van der Waals surface area contributed by atoms with Crippen LogP contribution in [0.5, 0.6) is 0 Å². The number of nitriles is 1. The molecule has 0 amide bonds. The number of hydrogen-bond donors (Lipinski definition) is 0. The molecule has 4 heteroatoms. The lowest BCUT2D eigenvalue weighted by Gasteiger charge is -2.37. The van der Waals surface area contributed by atoms with Crippen molar-refractivity contribution in [3.05, 3.63) is 105 Å². The summed E-state index contributed by atoms with van der Waals surface area (Å²) in [5, 5.41) is 9.82. The van der Waals surface area contributed by atoms with E-state index in [-0.39, 0.29) is 12.0 Å². The Balaban J connectivity index is 1.13. The highest BCUT2D eigenvalue weighted by Crippen LogP contribution is 2.54. The van der Waals surface area contributed by atoms with Crippen molar-refractivity contribution in [3.63, 3.8) is 0 Å². The number of rotatable bonds is 3. The summed E-state index contributed by atoms with van der Waals surface area (Å²) in [5.74, 6) is 3.36. The Bertz CT molecular complexity index is 1610. The Morgan fingerprint density at radius 1 is 1.02 bits per heavy atom. The van der Waals surface area contributed by atoms with Crippen LogP contribution in [0.1, 0.15) is 80.4 Å². The number of fused-ring (bicyclic) bond motifs is 7. The first-order valence-corrected chi connectivity index (χ1v) is 15.6. The number of nitrogens with zero attached hydrogens (tertiary/aromatic N) is 3. The molecule has 2 aliphatic heterocycles. The molecule has 5 unspecified atom stereocenters. The molecule has 1 fully saturated rings. The third kappa shape index (κ3) is 4.04. The van der Waals surface area contributed by atoms with Crippen molar-refractivity contribution >= 4 is 18.4 Å². The van der Waals surface area contributed by atoms with Crippen LogP contribution in [-0.2, 0) is 6.42 Å². The largest absolute Gasteiger partial charge is 0.460 e. The minimum atomic E-state index is 0.193. The molecule has 0 radical (unpaired) electrons. The molecule has 4 nitrogen and oxygen atoms in total. The van der Waals surface area contributed by atoms with E-state index in [1.807, 2.05) is 6.21 Å². The molecule has 0 aromatic carbocycles. The smallest absolute Gasteiger partial charge is 0.130 e. The SMILES string of the molecule is CC1CC(C#N)=C(C2C=C(C3=CCCC(N4C5CCC=CC5[C@H]5c6oc7c(c6C=CC54)CCC=C7)=C3)C=CC2)C=N1. The fraction of sp³-hybridized carbons (Fsp3) is 0.405. The Morgan fingerprint density at radius 2 is 1.98 bits per heavy atom. The van der Waals surface area contributed by atoms with Crippen LogP contribution in [0.2, 0.25) is 0 Å². The number of furan rings is 1. The maximum atomic E-state index is 9.82. The van der Waals surface area contributed by atoms with E-state index >= 15 is 0 Å². The normalized spacial score (nSPS) is 33.0. The summed E-state index contributed by atoms with van der Waals surface area (Å²) in [6.07, 6.45) is 36.3. The van der Waals surface area contributed by atoms with Gasteiger partial charge in [-0.25, -0.2) is 0 Å². The number of dihydropyridines is 1. The highest BCUT2D eigenvalue weighted by molar-refractivity contribution is 5.84. The maximum Gasteiger partial charge on any atom is 0.130 e. The molecule has 7 aliphatic rings. The van der Waals surface area contributed by atoms with Crippen molar-refractivity contribution in [1.29, 1.82) is 5.26 Å². The summed E-state index contributed by atoms with van der Waals surface area (Å²) in [6, 6.07) is 3.50. The van der Waals surface area contributed by atoms with Crippen molar-refractivity contribution in [2.75, 3.05) is 0 Å². The second kappa shape index (κ2) is 9.91. The lowest BCUT2D eigenvalue weighted by Crippen LogP contribution is -2.37. The molecule has 0 spiro atoms. The summed E-state index contributed by atoms with van der Waals surface area (Å²) in [5.41, 5.74) is 8.83. The first-order chi connectivity index (χ1) is 20.2. The topological polar surface area (TPSA) is 52.5 Å². The van der Waals surface area contributed by atoms with Gasteiger partial charge in [0.25, 0.3) is 0 Å². The average molecular weight is 540 g/mol. The van der Waals surface area contributed by atoms with E-state index in [9.17, 15) is 5.26 Å². The molecular weight excluding hydrogens is 502 g/mol. The Hall–Kier alpha value is -3.84. The van der Waals surface area contributed by atoms with E-state index in [0.29, 0.717) is 23.9 Å². The van der Waals surface area contributed by atoms with Gasteiger partial charge in [-0.15, -0.1) is 0 Å². The first-order valence-electron chi connectivity index (χ1n) is 15.6. The van der Waals surface area contributed by atoms with Gasteiger partial charge in [0.1, 0.15) is 11.5 Å². The van der Waals surface area contributed by atoms with Crippen LogP contribution >= 0.6 is 0 Å². The Kier molecular flexibility index (Phi) is 6.02. The lowest BCUT2D eigenvalue weighted by atomic mass is 9.77. The zero-order valence-electron chi connectivity index (χ0n) is 23.8. The summed E-state index contributed by atoms with van der Waals surface area (Å²) in [4.78, 5) is 7.43. The molecule has 0 bridgehead atoms. The number of likely N-dealkylation sites (tertiary alicyclic amines) is 1. The fourth-order valence-electron chi connectivity index (χ4n) is 8.41. The van der Waals surface area contributed by atoms with Crippen LogP contribution in [0, 0.1) is 23.2 Å². The van der Waals surface area contributed by atoms with Gasteiger partial charge in [0.2, 0.25) is 0 Å². The monoisotopic (exact) mass is 539 g/mol. The molecule has 0 N–H and O–H groups in total. The van der Waals surface area contributed by atoms with E-state index in [1.54, 1.807) is 0 Å². The summed E-state index contributed by atoms with van der Waals surface area (Å²) in [7, 11) is 0. The van der Waals surface area contributed by atoms with Crippen LogP contribution < -0.4 is 0 Å². The van der Waals surface area contributed by atoms with E-state index < -0.39 is 0 Å². The Labute approximate surface area is 243 Å². The number of aliphatic imine (C=N–C) groups is 1. The average Bonchev–Trinajstić information content (AvgIpc) is 3.57. The Morgan fingerprint density at radius 3 is 2.90 bits per heavy atom. The van der Waals surface area contributed by atoms with Crippen molar-refractivity contribution in [3.8, 4) is 6.07 Å². The summed E-state index contributed by atoms with van der Waals surface area (Å²) in [6.45, 7) is 2.08. The van der Waals surface area contributed by atoms with E-state index in [0.717, 1.165) is 61.9 Å². The van der Waals surface area contributed by atoms with Gasteiger partial charge >= 0.3 is 0 Å². The standard InChI is InChI=1S/C37H37N3O/c1-23-18-27(21-38)32(22-39-23)26-10-6-8-24(19-26)25-9-7-11-28(20-25)40-33-14-4-2-13-31(33)36-34(40)17-16-30-29-12-3-5-15-35(29)41-37(30)36/h2,5-6,8-9,13,15-17,19-20,22-23,26,31,33-34,36H,3-4,7,10-12,14,18H2,1H3/t23?,26?,31?,33?,34?,36-/m1/s1. The third-order valence-corrected chi connectivity index (χ3v) is 10.3. The molecule has 5 aliphatic carbocycles. The van der Waals surface area contributed by atoms with E-state index in [1.165, 1.54) is 40.2 Å². The molecule has 0 saturated carbocycles. The fourth-order valence-corrected chi connectivity index (χ4v) is 8.41. The van der Waals surface area contributed by atoms with E-state index in [2.05, 4.69) is 89.7 Å². The van der Waals surface area contributed by atoms with Gasteiger partial charge < -0.3 is 9.32 Å². The minimum absolute atomic E-state index is 0.193.